The second-order valence-electron chi connectivity index (χ2n) is 8.61. The van der Waals surface area contributed by atoms with Crippen molar-refractivity contribution >= 4 is 5.69 Å². The Bertz CT molecular complexity index is 1040. The molecule has 3 aromatic rings. The fourth-order valence-electron chi connectivity index (χ4n) is 5.57. The highest BCUT2D eigenvalue weighted by atomic mass is 16.5. The lowest BCUT2D eigenvalue weighted by Gasteiger charge is -2.50. The Hall–Kier alpha value is -2.94. The topological polar surface area (TPSA) is 30.5 Å². The number of anilines is 1. The molecule has 2 aliphatic rings. The first kappa shape index (κ1) is 19.0. The zero-order valence-electron chi connectivity index (χ0n) is 17.9. The van der Waals surface area contributed by atoms with Crippen LogP contribution in [0.15, 0.2) is 72.8 Å². The van der Waals surface area contributed by atoms with Gasteiger partial charge in [0.2, 0.25) is 0 Å². The van der Waals surface area contributed by atoms with E-state index in [0.29, 0.717) is 6.61 Å². The molecule has 0 bridgehead atoms. The Morgan fingerprint density at radius 2 is 1.67 bits per heavy atom. The first-order valence-corrected chi connectivity index (χ1v) is 10.9. The third-order valence-electron chi connectivity index (χ3n) is 7.29. The third kappa shape index (κ3) is 2.64. The summed E-state index contributed by atoms with van der Waals surface area (Å²) >= 11 is 0. The number of hydrogen-bond donors (Lipinski definition) is 1. The molecule has 3 aromatic carbocycles. The van der Waals surface area contributed by atoms with Crippen LogP contribution in [0.1, 0.15) is 49.4 Å². The van der Waals surface area contributed by atoms with Gasteiger partial charge in [0.25, 0.3) is 0 Å². The number of fused-ring (bicyclic) bond motifs is 1. The lowest BCUT2D eigenvalue weighted by molar-refractivity contribution is 0.261. The summed E-state index contributed by atoms with van der Waals surface area (Å²) in [6, 6.07) is 26.3. The van der Waals surface area contributed by atoms with Crippen molar-refractivity contribution in [2.24, 2.45) is 5.41 Å². The first-order valence-electron chi connectivity index (χ1n) is 10.9. The summed E-state index contributed by atoms with van der Waals surface area (Å²) in [6.45, 7) is 5.12. The average molecular weight is 400 g/mol. The molecule has 1 heterocycles. The summed E-state index contributed by atoms with van der Waals surface area (Å²) in [5.41, 5.74) is 5.09. The number of nitrogens with one attached hydrogen (secondary N) is 1. The van der Waals surface area contributed by atoms with Gasteiger partial charge in [0.15, 0.2) is 0 Å². The van der Waals surface area contributed by atoms with Crippen molar-refractivity contribution in [2.75, 3.05) is 19.0 Å². The van der Waals surface area contributed by atoms with Gasteiger partial charge in [-0.05, 0) is 54.7 Å². The van der Waals surface area contributed by atoms with Gasteiger partial charge in [0, 0.05) is 10.8 Å². The van der Waals surface area contributed by atoms with E-state index in [1.165, 1.54) is 29.5 Å². The summed E-state index contributed by atoms with van der Waals surface area (Å²) in [7, 11) is 1.75. The van der Waals surface area contributed by atoms with Crippen LogP contribution in [0, 0.1) is 5.41 Å². The number of rotatable bonds is 5. The Kier molecular flexibility index (Phi) is 4.50. The molecule has 1 spiro atoms. The second-order valence-corrected chi connectivity index (χ2v) is 8.61. The van der Waals surface area contributed by atoms with Gasteiger partial charge in [-0.2, -0.15) is 0 Å². The van der Waals surface area contributed by atoms with Crippen molar-refractivity contribution in [3.63, 3.8) is 0 Å². The molecule has 0 amide bonds. The lowest BCUT2D eigenvalue weighted by atomic mass is 9.58. The number of hydrogen-bond acceptors (Lipinski definition) is 3. The molecule has 154 valence electrons. The van der Waals surface area contributed by atoms with Crippen molar-refractivity contribution in [3.8, 4) is 11.5 Å². The maximum absolute atomic E-state index is 5.78. The Morgan fingerprint density at radius 1 is 0.933 bits per heavy atom. The van der Waals surface area contributed by atoms with Gasteiger partial charge in [-0.1, -0.05) is 61.5 Å². The van der Waals surface area contributed by atoms with Crippen molar-refractivity contribution in [1.29, 1.82) is 0 Å². The minimum atomic E-state index is -0.132. The number of para-hydroxylation sites is 1. The van der Waals surface area contributed by atoms with E-state index in [2.05, 4.69) is 85.0 Å². The van der Waals surface area contributed by atoms with Gasteiger partial charge >= 0.3 is 0 Å². The van der Waals surface area contributed by atoms with Crippen LogP contribution in [0.5, 0.6) is 11.5 Å². The van der Waals surface area contributed by atoms with Crippen LogP contribution < -0.4 is 14.8 Å². The highest BCUT2D eigenvalue weighted by Gasteiger charge is 2.65. The highest BCUT2D eigenvalue weighted by Crippen LogP contribution is 2.72. The Labute approximate surface area is 179 Å². The fourth-order valence-corrected chi connectivity index (χ4v) is 5.57. The van der Waals surface area contributed by atoms with E-state index in [-0.39, 0.29) is 16.9 Å². The Balaban J connectivity index is 1.72. The molecule has 0 aromatic heterocycles. The summed E-state index contributed by atoms with van der Waals surface area (Å²) in [6.07, 6.45) is 2.39. The average Bonchev–Trinajstić information content (AvgIpc) is 3.59. The molecule has 1 aliphatic carbocycles. The van der Waals surface area contributed by atoms with E-state index in [0.717, 1.165) is 17.2 Å². The van der Waals surface area contributed by atoms with E-state index in [9.17, 15) is 0 Å². The molecular weight excluding hydrogens is 370 g/mol. The Morgan fingerprint density at radius 3 is 2.30 bits per heavy atom. The molecule has 1 aliphatic heterocycles. The number of methoxy groups -OCH3 is 1. The predicted octanol–water partition coefficient (Wildman–Crippen LogP) is 6.35. The van der Waals surface area contributed by atoms with Gasteiger partial charge in [0.05, 0.1) is 25.4 Å². The molecule has 1 N–H and O–H groups in total. The standard InChI is InChI=1S/C27H29NO2/c1-4-30-21-15-13-20(14-16-21)26(2)22-11-8-12-23(29-3)24(22)28-25(27(26)17-18-27)19-9-6-5-7-10-19/h5-16,25,28H,4,17-18H2,1-3H3/t25-,26+/m1/s1. The monoisotopic (exact) mass is 399 g/mol. The van der Waals surface area contributed by atoms with Crippen molar-refractivity contribution in [1.82, 2.24) is 0 Å². The SMILES string of the molecule is CCOc1ccc([C@@]2(C)c3cccc(OC)c3N[C@H](c3ccccc3)C23CC3)cc1. The molecule has 5 rings (SSSR count). The molecule has 0 radical (unpaired) electrons. The smallest absolute Gasteiger partial charge is 0.142 e. The van der Waals surface area contributed by atoms with Gasteiger partial charge in [-0.15, -0.1) is 0 Å². The van der Waals surface area contributed by atoms with Gasteiger partial charge in [0.1, 0.15) is 11.5 Å². The van der Waals surface area contributed by atoms with Crippen molar-refractivity contribution in [3.05, 3.63) is 89.5 Å². The molecule has 3 heteroatoms. The normalized spacial score (nSPS) is 23.4. The van der Waals surface area contributed by atoms with Crippen molar-refractivity contribution < 1.29 is 9.47 Å². The predicted molar refractivity (Wildman–Crippen MR) is 122 cm³/mol. The van der Waals surface area contributed by atoms with Crippen LogP contribution >= 0.6 is 0 Å². The molecule has 3 nitrogen and oxygen atoms in total. The fraction of sp³-hybridized carbons (Fsp3) is 0.333. The summed E-state index contributed by atoms with van der Waals surface area (Å²) < 4.78 is 11.5. The summed E-state index contributed by atoms with van der Waals surface area (Å²) in [5, 5.41) is 3.89. The lowest BCUT2D eigenvalue weighted by Crippen LogP contribution is -2.46. The summed E-state index contributed by atoms with van der Waals surface area (Å²) in [5.74, 6) is 1.83. The molecule has 1 saturated carbocycles. The minimum absolute atomic E-state index is 0.126. The maximum atomic E-state index is 5.78. The van der Waals surface area contributed by atoms with Crippen LogP contribution in [-0.2, 0) is 5.41 Å². The maximum Gasteiger partial charge on any atom is 0.142 e. The largest absolute Gasteiger partial charge is 0.495 e. The molecule has 0 unspecified atom stereocenters. The van der Waals surface area contributed by atoms with Gasteiger partial charge in [-0.3, -0.25) is 0 Å². The second kappa shape index (κ2) is 7.09. The number of benzene rings is 3. The van der Waals surface area contributed by atoms with Crippen molar-refractivity contribution in [2.45, 2.75) is 38.1 Å². The number of ether oxygens (including phenoxy) is 2. The van der Waals surface area contributed by atoms with Gasteiger partial charge < -0.3 is 14.8 Å². The van der Waals surface area contributed by atoms with Crippen LogP contribution in [0.4, 0.5) is 5.69 Å². The first-order chi connectivity index (χ1) is 14.6. The van der Waals surface area contributed by atoms with Crippen LogP contribution in [0.25, 0.3) is 0 Å². The third-order valence-corrected chi connectivity index (χ3v) is 7.29. The van der Waals surface area contributed by atoms with E-state index in [4.69, 9.17) is 9.47 Å². The molecule has 30 heavy (non-hydrogen) atoms. The minimum Gasteiger partial charge on any atom is -0.495 e. The zero-order chi connectivity index (χ0) is 20.8. The van der Waals surface area contributed by atoms with E-state index < -0.39 is 0 Å². The van der Waals surface area contributed by atoms with Crippen LogP contribution in [-0.4, -0.2) is 13.7 Å². The molecular formula is C27H29NO2. The summed E-state index contributed by atoms with van der Waals surface area (Å²) in [4.78, 5) is 0. The van der Waals surface area contributed by atoms with E-state index in [1.54, 1.807) is 7.11 Å². The molecule has 0 saturated heterocycles. The van der Waals surface area contributed by atoms with Crippen LogP contribution in [0.3, 0.4) is 0 Å². The zero-order valence-corrected chi connectivity index (χ0v) is 17.9. The quantitative estimate of drug-likeness (QED) is 0.542. The highest BCUT2D eigenvalue weighted by molar-refractivity contribution is 5.71. The van der Waals surface area contributed by atoms with Crippen LogP contribution in [0.2, 0.25) is 0 Å². The van der Waals surface area contributed by atoms with Gasteiger partial charge in [-0.25, -0.2) is 0 Å². The molecule has 1 fully saturated rings. The van der Waals surface area contributed by atoms with E-state index in [1.807, 2.05) is 6.92 Å². The molecule has 2 atom stereocenters. The van der Waals surface area contributed by atoms with E-state index >= 15 is 0 Å².